The minimum Gasteiger partial charge on any atom is -0.493 e. The minimum absolute atomic E-state index is 0.0538. The number of nitrogens with zero attached hydrogens (tertiary/aromatic N) is 1. The van der Waals surface area contributed by atoms with Gasteiger partial charge in [0, 0.05) is 27.9 Å². The fourth-order valence-corrected chi connectivity index (χ4v) is 3.54. The number of halogens is 1. The van der Waals surface area contributed by atoms with Crippen LogP contribution in [0.4, 0.5) is 5.69 Å². The lowest BCUT2D eigenvalue weighted by Crippen LogP contribution is -2.32. The fraction of sp³-hybridized carbons (Fsp3) is 0.167. The summed E-state index contributed by atoms with van der Waals surface area (Å²) in [4.78, 5) is 26.3. The summed E-state index contributed by atoms with van der Waals surface area (Å²) in [5.41, 5.74) is 1.48. The normalized spacial score (nSPS) is 16.0. The van der Waals surface area contributed by atoms with Crippen LogP contribution in [0.3, 0.4) is 0 Å². The lowest BCUT2D eigenvalue weighted by atomic mass is 10.0. The van der Waals surface area contributed by atoms with Crippen molar-refractivity contribution in [1.29, 1.82) is 0 Å². The van der Waals surface area contributed by atoms with Gasteiger partial charge in [-0.1, -0.05) is 28.1 Å². The number of hydrogen-bond donors (Lipinski definition) is 2. The Morgan fingerprint density at radius 2 is 2.15 bits per heavy atom. The molecule has 0 saturated heterocycles. The summed E-state index contributed by atoms with van der Waals surface area (Å²) >= 11 is 3.44. The van der Waals surface area contributed by atoms with Gasteiger partial charge in [-0.05, 0) is 24.3 Å². The van der Waals surface area contributed by atoms with Gasteiger partial charge in [-0.25, -0.2) is 0 Å². The molecule has 4 rings (SSSR count). The van der Waals surface area contributed by atoms with Crippen LogP contribution in [0.1, 0.15) is 28.5 Å². The van der Waals surface area contributed by atoms with Crippen LogP contribution in [0.25, 0.3) is 10.9 Å². The molecule has 0 saturated carbocycles. The van der Waals surface area contributed by atoms with Gasteiger partial charge in [0.25, 0.3) is 11.6 Å². The molecular weight excluding hydrogens is 402 g/mol. The third-order valence-corrected chi connectivity index (χ3v) is 4.89. The Morgan fingerprint density at radius 3 is 2.96 bits per heavy atom. The molecule has 0 spiro atoms. The summed E-state index contributed by atoms with van der Waals surface area (Å²) in [5, 5.41) is 14.8. The number of rotatable bonds is 3. The number of nitro groups is 1. The van der Waals surface area contributed by atoms with Crippen molar-refractivity contribution in [1.82, 2.24) is 10.3 Å². The number of aromatic nitrogens is 1. The third-order valence-electron chi connectivity index (χ3n) is 4.39. The van der Waals surface area contributed by atoms with Crippen molar-refractivity contribution in [3.8, 4) is 5.75 Å². The lowest BCUT2D eigenvalue weighted by Gasteiger charge is -2.26. The Labute approximate surface area is 156 Å². The van der Waals surface area contributed by atoms with E-state index in [4.69, 9.17) is 4.74 Å². The second-order valence-corrected chi connectivity index (χ2v) is 6.94. The molecule has 1 unspecified atom stereocenters. The van der Waals surface area contributed by atoms with Gasteiger partial charge in [0.05, 0.1) is 17.6 Å². The SMILES string of the molecule is O=C(NC1CCOc2ccc(Br)cc21)c1cc2cccc([N+](=O)[O-])c2[nH]1. The molecule has 8 heteroatoms. The number of H-pyrrole nitrogens is 1. The van der Waals surface area contributed by atoms with E-state index in [0.29, 0.717) is 23.9 Å². The lowest BCUT2D eigenvalue weighted by molar-refractivity contribution is -0.383. The van der Waals surface area contributed by atoms with Crippen LogP contribution in [0.2, 0.25) is 0 Å². The second kappa shape index (κ2) is 6.45. The highest BCUT2D eigenvalue weighted by Gasteiger charge is 2.25. The Bertz CT molecular complexity index is 1030. The highest BCUT2D eigenvalue weighted by Crippen LogP contribution is 2.34. The van der Waals surface area contributed by atoms with E-state index in [0.717, 1.165) is 15.8 Å². The standard InChI is InChI=1S/C18H14BrN3O4/c19-11-4-5-16-12(9-11)13(6-7-26-16)21-18(23)14-8-10-2-1-3-15(22(24)25)17(10)20-14/h1-5,8-9,13,20H,6-7H2,(H,21,23). The van der Waals surface area contributed by atoms with E-state index in [1.54, 1.807) is 18.2 Å². The molecule has 2 N–H and O–H groups in total. The summed E-state index contributed by atoms with van der Waals surface area (Å²) in [5.74, 6) is 0.436. The predicted octanol–water partition coefficient (Wildman–Crippen LogP) is 4.09. The number of hydrogen-bond acceptors (Lipinski definition) is 4. The van der Waals surface area contributed by atoms with E-state index in [1.165, 1.54) is 6.07 Å². The minimum atomic E-state index is -0.466. The summed E-state index contributed by atoms with van der Waals surface area (Å²) in [6.45, 7) is 0.512. The molecule has 1 atom stereocenters. The monoisotopic (exact) mass is 415 g/mol. The van der Waals surface area contributed by atoms with E-state index in [2.05, 4.69) is 26.2 Å². The molecule has 1 aromatic heterocycles. The zero-order valence-electron chi connectivity index (χ0n) is 13.5. The number of ether oxygens (including phenoxy) is 1. The quantitative estimate of drug-likeness (QED) is 0.497. The predicted molar refractivity (Wildman–Crippen MR) is 99.4 cm³/mol. The average Bonchev–Trinajstić information content (AvgIpc) is 3.06. The van der Waals surface area contributed by atoms with Crippen LogP contribution in [0.5, 0.6) is 5.75 Å². The van der Waals surface area contributed by atoms with Crippen molar-refractivity contribution < 1.29 is 14.5 Å². The van der Waals surface area contributed by atoms with Gasteiger partial charge >= 0.3 is 0 Å². The number of carbonyl (C=O) groups is 1. The van der Waals surface area contributed by atoms with Crippen LogP contribution < -0.4 is 10.1 Å². The van der Waals surface area contributed by atoms with Crippen molar-refractivity contribution in [2.24, 2.45) is 0 Å². The topological polar surface area (TPSA) is 97.3 Å². The van der Waals surface area contributed by atoms with Gasteiger partial charge in [-0.2, -0.15) is 0 Å². The fourth-order valence-electron chi connectivity index (χ4n) is 3.17. The summed E-state index contributed by atoms with van der Waals surface area (Å²) < 4.78 is 6.54. The molecule has 132 valence electrons. The number of carbonyl (C=O) groups excluding carboxylic acids is 1. The Hall–Kier alpha value is -2.87. The van der Waals surface area contributed by atoms with Crippen LogP contribution >= 0.6 is 15.9 Å². The maximum Gasteiger partial charge on any atom is 0.293 e. The first-order chi connectivity index (χ1) is 12.5. The number of aromatic amines is 1. The van der Waals surface area contributed by atoms with E-state index in [1.807, 2.05) is 18.2 Å². The summed E-state index contributed by atoms with van der Waals surface area (Å²) in [6, 6.07) is 11.9. The number of benzene rings is 2. The number of para-hydroxylation sites is 1. The molecule has 0 bridgehead atoms. The second-order valence-electron chi connectivity index (χ2n) is 6.03. The van der Waals surface area contributed by atoms with Crippen molar-refractivity contribution in [2.75, 3.05) is 6.61 Å². The molecule has 1 amide bonds. The highest BCUT2D eigenvalue weighted by atomic mass is 79.9. The molecule has 7 nitrogen and oxygen atoms in total. The Kier molecular flexibility index (Phi) is 4.12. The molecule has 2 aromatic carbocycles. The van der Waals surface area contributed by atoms with Gasteiger partial charge < -0.3 is 15.0 Å². The van der Waals surface area contributed by atoms with Crippen LogP contribution in [0, 0.1) is 10.1 Å². The van der Waals surface area contributed by atoms with Crippen LogP contribution in [-0.2, 0) is 0 Å². The van der Waals surface area contributed by atoms with Gasteiger partial charge in [0.15, 0.2) is 0 Å². The van der Waals surface area contributed by atoms with Gasteiger partial charge in [0.1, 0.15) is 17.0 Å². The number of non-ortho nitro benzene ring substituents is 1. The molecule has 0 radical (unpaired) electrons. The van der Waals surface area contributed by atoms with E-state index >= 15 is 0 Å². The van der Waals surface area contributed by atoms with Gasteiger partial charge in [-0.15, -0.1) is 0 Å². The maximum absolute atomic E-state index is 12.7. The first-order valence-corrected chi connectivity index (χ1v) is 8.81. The maximum atomic E-state index is 12.7. The largest absolute Gasteiger partial charge is 0.493 e. The zero-order valence-corrected chi connectivity index (χ0v) is 15.1. The molecule has 3 aromatic rings. The highest BCUT2D eigenvalue weighted by molar-refractivity contribution is 9.10. The molecule has 2 heterocycles. The van der Waals surface area contributed by atoms with Crippen LogP contribution in [0.15, 0.2) is 46.9 Å². The average molecular weight is 416 g/mol. The number of nitrogens with one attached hydrogen (secondary N) is 2. The van der Waals surface area contributed by atoms with E-state index < -0.39 is 4.92 Å². The number of amides is 1. The molecule has 0 fully saturated rings. The van der Waals surface area contributed by atoms with Crippen molar-refractivity contribution in [3.05, 3.63) is 68.3 Å². The number of nitro benzene ring substituents is 1. The van der Waals surface area contributed by atoms with Crippen molar-refractivity contribution in [3.63, 3.8) is 0 Å². The molecule has 0 aliphatic carbocycles. The Morgan fingerprint density at radius 1 is 1.31 bits per heavy atom. The van der Waals surface area contributed by atoms with Crippen molar-refractivity contribution >= 4 is 38.4 Å². The summed E-state index contributed by atoms with van der Waals surface area (Å²) in [7, 11) is 0. The van der Waals surface area contributed by atoms with E-state index in [-0.39, 0.29) is 23.3 Å². The van der Waals surface area contributed by atoms with Gasteiger partial charge in [0.2, 0.25) is 0 Å². The first-order valence-electron chi connectivity index (χ1n) is 8.02. The van der Waals surface area contributed by atoms with E-state index in [9.17, 15) is 14.9 Å². The third kappa shape index (κ3) is 2.92. The zero-order chi connectivity index (χ0) is 18.3. The number of fused-ring (bicyclic) bond motifs is 2. The molecule has 1 aliphatic heterocycles. The molecule has 1 aliphatic rings. The summed E-state index contributed by atoms with van der Waals surface area (Å²) in [6.07, 6.45) is 0.648. The van der Waals surface area contributed by atoms with Crippen LogP contribution in [-0.4, -0.2) is 22.4 Å². The smallest absolute Gasteiger partial charge is 0.293 e. The molecule has 26 heavy (non-hydrogen) atoms. The van der Waals surface area contributed by atoms with Crippen molar-refractivity contribution in [2.45, 2.75) is 12.5 Å². The Balaban J connectivity index is 1.64. The molecular formula is C18H14BrN3O4. The first kappa shape index (κ1) is 16.6. The van der Waals surface area contributed by atoms with Gasteiger partial charge in [-0.3, -0.25) is 14.9 Å².